The molecule has 7 heteroatoms. The molecule has 2 aliphatic rings. The first-order chi connectivity index (χ1) is 13.1. The lowest BCUT2D eigenvalue weighted by Crippen LogP contribution is -2.40. The Kier molecular flexibility index (Phi) is 6.08. The number of furan rings is 1. The summed E-state index contributed by atoms with van der Waals surface area (Å²) in [6.07, 6.45) is 7.48. The Bertz CT molecular complexity index is 884. The standard InChI is InChI=1S/C20H18BrIN2O2S/c21-16-11-15(26-18(16)22)12-17-19(25)24(14-9-5-2-6-10-14)20(27-17)23-13-7-3-1-4-8-13/h1,3-4,7-8,11-12,14H,2,5-6,9-10H2/b17-12+,23-20?. The number of aliphatic imine (C=N–C) groups is 1. The van der Waals surface area contributed by atoms with E-state index in [9.17, 15) is 4.79 Å². The molecule has 0 bridgehead atoms. The van der Waals surface area contributed by atoms with Crippen molar-refractivity contribution in [2.45, 2.75) is 38.1 Å². The van der Waals surface area contributed by atoms with E-state index in [-0.39, 0.29) is 11.9 Å². The number of carbonyl (C=O) groups excluding carboxylic acids is 1. The fraction of sp³-hybridized carbons (Fsp3) is 0.300. The molecule has 1 saturated heterocycles. The van der Waals surface area contributed by atoms with Crippen LogP contribution in [0.25, 0.3) is 6.08 Å². The number of amidine groups is 1. The summed E-state index contributed by atoms with van der Waals surface area (Å²) in [7, 11) is 0. The Morgan fingerprint density at radius 1 is 1.22 bits per heavy atom. The number of hydrogen-bond acceptors (Lipinski definition) is 4. The summed E-state index contributed by atoms with van der Waals surface area (Å²) in [4.78, 5) is 20.6. The van der Waals surface area contributed by atoms with Crippen molar-refractivity contribution in [3.8, 4) is 0 Å². The van der Waals surface area contributed by atoms with Gasteiger partial charge in [-0.2, -0.15) is 0 Å². The summed E-state index contributed by atoms with van der Waals surface area (Å²) < 4.78 is 7.37. The molecule has 2 fully saturated rings. The number of rotatable bonds is 3. The third kappa shape index (κ3) is 4.35. The molecule has 1 aromatic carbocycles. The first-order valence-electron chi connectivity index (χ1n) is 8.93. The van der Waals surface area contributed by atoms with E-state index in [1.807, 2.05) is 47.4 Å². The zero-order valence-electron chi connectivity index (χ0n) is 14.5. The Morgan fingerprint density at radius 3 is 2.63 bits per heavy atom. The number of nitrogens with zero attached hydrogens (tertiary/aromatic N) is 2. The van der Waals surface area contributed by atoms with Crippen LogP contribution in [0.1, 0.15) is 37.9 Å². The number of amides is 1. The van der Waals surface area contributed by atoms with Crippen LogP contribution in [0.3, 0.4) is 0 Å². The van der Waals surface area contributed by atoms with Gasteiger partial charge in [-0.1, -0.05) is 37.5 Å². The molecule has 1 amide bonds. The minimum Gasteiger partial charge on any atom is -0.450 e. The van der Waals surface area contributed by atoms with Crippen LogP contribution in [0, 0.1) is 3.77 Å². The number of halogens is 2. The lowest BCUT2D eigenvalue weighted by atomic mass is 9.94. The maximum Gasteiger partial charge on any atom is 0.267 e. The van der Waals surface area contributed by atoms with Gasteiger partial charge >= 0.3 is 0 Å². The Hall–Kier alpha value is -1.06. The van der Waals surface area contributed by atoms with Crippen molar-refractivity contribution in [1.29, 1.82) is 0 Å². The zero-order chi connectivity index (χ0) is 18.8. The van der Waals surface area contributed by atoms with E-state index < -0.39 is 0 Å². The predicted octanol–water partition coefficient (Wildman–Crippen LogP) is 6.58. The summed E-state index contributed by atoms with van der Waals surface area (Å²) >= 11 is 7.02. The SMILES string of the molecule is O=C1/C(=C\c2cc(Br)c(I)o2)SC(=Nc2ccccc2)N1C1CCCCC1. The monoisotopic (exact) mass is 556 g/mol. The van der Waals surface area contributed by atoms with Crippen molar-refractivity contribution in [2.24, 2.45) is 4.99 Å². The summed E-state index contributed by atoms with van der Waals surface area (Å²) in [5.74, 6) is 0.704. The van der Waals surface area contributed by atoms with Crippen molar-refractivity contribution < 1.29 is 9.21 Å². The van der Waals surface area contributed by atoms with Crippen LogP contribution in [0.15, 0.2) is 55.2 Å². The van der Waals surface area contributed by atoms with Crippen molar-refractivity contribution >= 4 is 73.1 Å². The van der Waals surface area contributed by atoms with Crippen molar-refractivity contribution in [1.82, 2.24) is 4.90 Å². The molecule has 1 aromatic heterocycles. The molecule has 0 unspecified atom stereocenters. The molecule has 0 spiro atoms. The van der Waals surface area contributed by atoms with Crippen molar-refractivity contribution in [3.63, 3.8) is 0 Å². The molecule has 4 rings (SSSR count). The van der Waals surface area contributed by atoms with E-state index in [1.54, 1.807) is 0 Å². The van der Waals surface area contributed by atoms with Gasteiger partial charge in [0.05, 0.1) is 15.1 Å². The van der Waals surface area contributed by atoms with Gasteiger partial charge in [-0.3, -0.25) is 9.69 Å². The highest BCUT2D eigenvalue weighted by Gasteiger charge is 2.38. The first-order valence-corrected chi connectivity index (χ1v) is 11.6. The predicted molar refractivity (Wildman–Crippen MR) is 122 cm³/mol. The molecule has 27 heavy (non-hydrogen) atoms. The van der Waals surface area contributed by atoms with E-state index in [2.05, 4.69) is 38.5 Å². The summed E-state index contributed by atoms with van der Waals surface area (Å²) in [5, 5.41) is 0.768. The van der Waals surface area contributed by atoms with Gasteiger partial charge in [-0.05, 0) is 58.7 Å². The average molecular weight is 557 g/mol. The van der Waals surface area contributed by atoms with Gasteiger partial charge in [0.2, 0.25) is 0 Å². The van der Waals surface area contributed by atoms with Gasteiger partial charge in [-0.15, -0.1) is 0 Å². The van der Waals surface area contributed by atoms with Gasteiger partial charge in [0.25, 0.3) is 5.91 Å². The maximum atomic E-state index is 13.2. The van der Waals surface area contributed by atoms with E-state index in [4.69, 9.17) is 9.41 Å². The van der Waals surface area contributed by atoms with E-state index in [1.165, 1.54) is 31.0 Å². The second-order valence-electron chi connectivity index (χ2n) is 6.58. The Morgan fingerprint density at radius 2 is 1.96 bits per heavy atom. The van der Waals surface area contributed by atoms with Gasteiger partial charge in [0.1, 0.15) is 5.76 Å². The number of hydrogen-bond donors (Lipinski definition) is 0. The molecule has 2 heterocycles. The molecule has 2 aromatic rings. The first kappa shape index (κ1) is 19.3. The topological polar surface area (TPSA) is 45.8 Å². The fourth-order valence-electron chi connectivity index (χ4n) is 3.40. The van der Waals surface area contributed by atoms with Crippen LogP contribution in [0.4, 0.5) is 5.69 Å². The highest BCUT2D eigenvalue weighted by Crippen LogP contribution is 2.39. The second-order valence-corrected chi connectivity index (χ2v) is 9.42. The largest absolute Gasteiger partial charge is 0.450 e. The molecule has 0 radical (unpaired) electrons. The summed E-state index contributed by atoms with van der Waals surface area (Å²) in [6.45, 7) is 0. The van der Waals surface area contributed by atoms with Gasteiger partial charge in [0, 0.05) is 34.7 Å². The molecule has 4 nitrogen and oxygen atoms in total. The quantitative estimate of drug-likeness (QED) is 0.317. The normalized spacial score (nSPS) is 21.6. The Labute approximate surface area is 184 Å². The smallest absolute Gasteiger partial charge is 0.267 e. The Balaban J connectivity index is 1.69. The van der Waals surface area contributed by atoms with Crippen molar-refractivity contribution in [3.05, 3.63) is 55.3 Å². The third-order valence-corrected chi connectivity index (χ3v) is 7.81. The molecule has 1 saturated carbocycles. The van der Waals surface area contributed by atoms with Crippen LogP contribution in [-0.4, -0.2) is 22.0 Å². The van der Waals surface area contributed by atoms with Gasteiger partial charge in [-0.25, -0.2) is 4.99 Å². The number of para-hydroxylation sites is 1. The van der Waals surface area contributed by atoms with E-state index in [0.717, 1.165) is 31.9 Å². The lowest BCUT2D eigenvalue weighted by Gasteiger charge is -2.30. The zero-order valence-corrected chi connectivity index (χ0v) is 19.1. The van der Waals surface area contributed by atoms with Crippen LogP contribution in [0.5, 0.6) is 0 Å². The van der Waals surface area contributed by atoms with Crippen LogP contribution in [0.2, 0.25) is 0 Å². The minimum atomic E-state index is 0.0316. The van der Waals surface area contributed by atoms with E-state index >= 15 is 0 Å². The van der Waals surface area contributed by atoms with Crippen LogP contribution < -0.4 is 0 Å². The molecule has 140 valence electrons. The molecule has 0 N–H and O–H groups in total. The van der Waals surface area contributed by atoms with Crippen LogP contribution in [-0.2, 0) is 4.79 Å². The second kappa shape index (κ2) is 8.53. The number of thioether (sulfide) groups is 1. The number of carbonyl (C=O) groups is 1. The molecule has 1 aliphatic heterocycles. The molecule has 0 atom stereocenters. The highest BCUT2D eigenvalue weighted by atomic mass is 127. The summed E-state index contributed by atoms with van der Waals surface area (Å²) in [5.41, 5.74) is 0.866. The molecule has 1 aliphatic carbocycles. The van der Waals surface area contributed by atoms with Gasteiger partial charge in [0.15, 0.2) is 8.93 Å². The van der Waals surface area contributed by atoms with E-state index in [0.29, 0.717) is 10.7 Å². The van der Waals surface area contributed by atoms with Gasteiger partial charge < -0.3 is 4.42 Å². The highest BCUT2D eigenvalue weighted by molar-refractivity contribution is 14.1. The third-order valence-electron chi connectivity index (χ3n) is 4.70. The fourth-order valence-corrected chi connectivity index (χ4v) is 5.16. The average Bonchev–Trinajstić information content (AvgIpc) is 3.15. The minimum absolute atomic E-state index is 0.0316. The molecular weight excluding hydrogens is 539 g/mol. The molecular formula is C20H18BrIN2O2S. The van der Waals surface area contributed by atoms with Crippen molar-refractivity contribution in [2.75, 3.05) is 0 Å². The maximum absolute atomic E-state index is 13.2. The summed E-state index contributed by atoms with van der Waals surface area (Å²) in [6, 6.07) is 11.9. The van der Waals surface area contributed by atoms with Crippen LogP contribution >= 0.6 is 50.3 Å². The number of benzene rings is 1. The lowest BCUT2D eigenvalue weighted by molar-refractivity contribution is -0.124.